The van der Waals surface area contributed by atoms with Crippen LogP contribution in [-0.4, -0.2) is 208 Å². The van der Waals surface area contributed by atoms with Crippen LogP contribution in [0.5, 0.6) is 17.2 Å². The summed E-state index contributed by atoms with van der Waals surface area (Å²) in [6.07, 6.45) is 8.20. The molecule has 384 valence electrons. The molecule has 0 radical (unpaired) electrons. The van der Waals surface area contributed by atoms with Crippen LogP contribution in [0.2, 0.25) is 0 Å². The van der Waals surface area contributed by atoms with Crippen molar-refractivity contribution in [3.63, 3.8) is 0 Å². The van der Waals surface area contributed by atoms with Crippen molar-refractivity contribution in [2.75, 3.05) is 170 Å². The highest BCUT2D eigenvalue weighted by Crippen LogP contribution is 2.25. The zero-order valence-electron chi connectivity index (χ0n) is 41.7. The van der Waals surface area contributed by atoms with Gasteiger partial charge in [-0.05, 0) is 84.7 Å². The number of amides is 2. The predicted octanol–water partition coefficient (Wildman–Crippen LogP) is 1.85. The first-order valence-corrected chi connectivity index (χ1v) is 26.2. The zero-order chi connectivity index (χ0) is 48.3. The number of allylic oxidation sites excluding steroid dienone is 1. The van der Waals surface area contributed by atoms with Gasteiger partial charge in [-0.1, -0.05) is 48.6 Å². The number of carbonyl (C=O) groups is 2. The molecular formula is C54H82N10O6. The molecule has 16 heteroatoms. The van der Waals surface area contributed by atoms with Crippen LogP contribution in [-0.2, 0) is 27.2 Å². The first-order valence-electron chi connectivity index (χ1n) is 26.2. The molecule has 16 nitrogen and oxygen atoms in total. The van der Waals surface area contributed by atoms with E-state index in [1.54, 1.807) is 0 Å². The molecule has 2 unspecified atom stereocenters. The van der Waals surface area contributed by atoms with Crippen molar-refractivity contribution in [2.45, 2.75) is 31.8 Å². The summed E-state index contributed by atoms with van der Waals surface area (Å²) in [5, 5.41) is 20.9. The molecular weight excluding hydrogens is 885 g/mol. The van der Waals surface area contributed by atoms with Gasteiger partial charge in [0.15, 0.2) is 0 Å². The van der Waals surface area contributed by atoms with E-state index < -0.39 is 0 Å². The minimum Gasteiger partial charge on any atom is -0.492 e. The molecule has 2 atom stereocenters. The maximum absolute atomic E-state index is 14.0. The molecule has 13 rings (SSSR count). The van der Waals surface area contributed by atoms with Gasteiger partial charge in [-0.2, -0.15) is 0 Å². The van der Waals surface area contributed by atoms with Crippen molar-refractivity contribution in [1.82, 2.24) is 51.5 Å². The van der Waals surface area contributed by atoms with E-state index in [4.69, 9.17) is 18.9 Å². The van der Waals surface area contributed by atoms with E-state index in [2.05, 4.69) is 90.3 Å². The van der Waals surface area contributed by atoms with Crippen molar-refractivity contribution in [1.29, 1.82) is 0 Å². The fourth-order valence-corrected chi connectivity index (χ4v) is 9.21. The normalized spacial score (nSPS) is 22.6. The Morgan fingerprint density at radius 3 is 1.19 bits per heavy atom. The van der Waals surface area contributed by atoms with E-state index in [0.717, 1.165) is 148 Å². The molecule has 0 saturated carbocycles. The standard InChI is InChI=1S/C54H82N10O6/c65-53(43-61-29-25-57-21-17-55-18-22-58-26-30-61)63-33-37-67-49-9-1-45(2-10-49)41-46-3-11-50(12-4-46)68-39-35-64(54(66)44-62-31-27-59-23-19-56-20-24-60-28-32-62)36-40-70-52-15-7-48(8-16-52)42-47-5-13-51(14-6-47)69-38-34-63/h1-7,9-15,48,52,55-60H,8,16-44H2. The molecule has 0 spiro atoms. The van der Waals surface area contributed by atoms with Gasteiger partial charge in [0, 0.05) is 111 Å². The molecule has 70 heavy (non-hydrogen) atoms. The summed E-state index contributed by atoms with van der Waals surface area (Å²) in [6.45, 7) is 18.1. The Kier molecular flexibility index (Phi) is 23.5. The Bertz CT molecular complexity index is 1930. The molecule has 2 amide bonds. The van der Waals surface area contributed by atoms with E-state index in [9.17, 15) is 9.59 Å². The predicted molar refractivity (Wildman–Crippen MR) is 277 cm³/mol. The number of nitrogens with one attached hydrogen (secondary N) is 6. The Labute approximate surface area is 417 Å². The molecule has 3 aromatic carbocycles. The van der Waals surface area contributed by atoms with Gasteiger partial charge in [-0.25, -0.2) is 0 Å². The van der Waals surface area contributed by atoms with Crippen LogP contribution in [0.1, 0.15) is 29.5 Å². The minimum absolute atomic E-state index is 0.0226. The van der Waals surface area contributed by atoms with Crippen molar-refractivity contribution in [3.05, 3.63) is 102 Å². The number of rotatable bonds is 4. The van der Waals surface area contributed by atoms with E-state index in [-0.39, 0.29) is 17.9 Å². The summed E-state index contributed by atoms with van der Waals surface area (Å²) in [7, 11) is 0. The lowest BCUT2D eigenvalue weighted by Crippen LogP contribution is -2.47. The molecule has 9 aliphatic heterocycles. The highest BCUT2D eigenvalue weighted by atomic mass is 16.5. The highest BCUT2D eigenvalue weighted by Gasteiger charge is 2.22. The number of nitrogens with zero attached hydrogens (tertiary/aromatic N) is 4. The third kappa shape index (κ3) is 19.9. The molecule has 0 aromatic heterocycles. The van der Waals surface area contributed by atoms with Crippen LogP contribution in [0, 0.1) is 5.92 Å². The minimum atomic E-state index is 0.0226. The van der Waals surface area contributed by atoms with Gasteiger partial charge >= 0.3 is 0 Å². The third-order valence-corrected chi connectivity index (χ3v) is 13.4. The van der Waals surface area contributed by atoms with Gasteiger partial charge in [-0.15, -0.1) is 0 Å². The van der Waals surface area contributed by atoms with Gasteiger partial charge in [-0.3, -0.25) is 19.4 Å². The van der Waals surface area contributed by atoms with Crippen molar-refractivity contribution in [3.8, 4) is 17.2 Å². The summed E-state index contributed by atoms with van der Waals surface area (Å²) in [6, 6.07) is 24.8. The first kappa shape index (κ1) is 53.2. The largest absolute Gasteiger partial charge is 0.492 e. The average molecular weight is 967 g/mol. The molecule has 2 fully saturated rings. The number of hydrogen-bond donors (Lipinski definition) is 6. The molecule has 1 aliphatic carbocycles. The average Bonchev–Trinajstić information content (AvgIpc) is 3.36. The van der Waals surface area contributed by atoms with E-state index in [0.29, 0.717) is 71.6 Å². The third-order valence-electron chi connectivity index (χ3n) is 13.4. The lowest BCUT2D eigenvalue weighted by molar-refractivity contribution is -0.134. The second-order valence-corrected chi connectivity index (χ2v) is 18.8. The first-order chi connectivity index (χ1) is 34.5. The van der Waals surface area contributed by atoms with Crippen LogP contribution in [0.4, 0.5) is 0 Å². The van der Waals surface area contributed by atoms with Gasteiger partial charge in [0.1, 0.15) is 37.1 Å². The van der Waals surface area contributed by atoms with Crippen molar-refractivity contribution >= 4 is 11.8 Å². The molecule has 3 aromatic rings. The molecule has 9 heterocycles. The SMILES string of the molecule is O=C(CN1CCNCCNCCNCC1)N1CCOc2ccc(cc2)Cc2ccc(cc2)OCCN(C(=O)CN2CCNCCNCCNCC2)CCOC2C=CC(CC2)Cc2ccc(cc2)OCC1. The summed E-state index contributed by atoms with van der Waals surface area (Å²) in [5.74, 6) is 2.93. The van der Waals surface area contributed by atoms with Crippen LogP contribution in [0.3, 0.4) is 0 Å². The number of carbonyl (C=O) groups excluding carboxylic acids is 2. The topological polar surface area (TPSA) is 156 Å². The van der Waals surface area contributed by atoms with Gasteiger partial charge < -0.3 is 60.6 Å². The fraction of sp³-hybridized carbons (Fsp3) is 0.593. The second kappa shape index (κ2) is 31.0. The highest BCUT2D eigenvalue weighted by molar-refractivity contribution is 5.78. The monoisotopic (exact) mass is 967 g/mol. The second-order valence-electron chi connectivity index (χ2n) is 18.8. The Balaban J connectivity index is 0.989. The lowest BCUT2D eigenvalue weighted by Gasteiger charge is -2.29. The fourth-order valence-electron chi connectivity index (χ4n) is 9.21. The van der Waals surface area contributed by atoms with Crippen molar-refractivity contribution < 1.29 is 28.5 Å². The van der Waals surface area contributed by atoms with Crippen LogP contribution in [0.15, 0.2) is 84.9 Å². The smallest absolute Gasteiger partial charge is 0.236 e. The van der Waals surface area contributed by atoms with Gasteiger partial charge in [0.25, 0.3) is 0 Å². The van der Waals surface area contributed by atoms with Crippen molar-refractivity contribution in [2.24, 2.45) is 5.92 Å². The molecule has 8 bridgehead atoms. The quantitative estimate of drug-likeness (QED) is 0.211. The summed E-state index contributed by atoms with van der Waals surface area (Å²) >= 11 is 0. The van der Waals surface area contributed by atoms with Gasteiger partial charge in [0.05, 0.1) is 45.4 Å². The summed E-state index contributed by atoms with van der Waals surface area (Å²) in [4.78, 5) is 36.3. The lowest BCUT2D eigenvalue weighted by atomic mass is 9.89. The molecule has 2 saturated heterocycles. The van der Waals surface area contributed by atoms with E-state index >= 15 is 0 Å². The number of hydrogen-bond acceptors (Lipinski definition) is 14. The molecule has 6 N–H and O–H groups in total. The van der Waals surface area contributed by atoms with Crippen LogP contribution < -0.4 is 46.1 Å². The maximum Gasteiger partial charge on any atom is 0.236 e. The number of benzene rings is 3. The van der Waals surface area contributed by atoms with E-state index in [1.807, 2.05) is 46.2 Å². The Hall–Kier alpha value is -4.62. The van der Waals surface area contributed by atoms with Gasteiger partial charge in [0.2, 0.25) is 11.8 Å². The zero-order valence-corrected chi connectivity index (χ0v) is 41.7. The van der Waals surface area contributed by atoms with E-state index in [1.165, 1.54) is 16.7 Å². The Morgan fingerprint density at radius 1 is 0.429 bits per heavy atom. The number of ether oxygens (including phenoxy) is 4. The molecule has 10 aliphatic rings. The Morgan fingerprint density at radius 2 is 0.800 bits per heavy atom. The summed E-state index contributed by atoms with van der Waals surface area (Å²) in [5.41, 5.74) is 3.60. The maximum atomic E-state index is 14.0. The van der Waals surface area contributed by atoms with Crippen LogP contribution >= 0.6 is 0 Å². The van der Waals surface area contributed by atoms with Crippen LogP contribution in [0.25, 0.3) is 0 Å². The summed E-state index contributed by atoms with van der Waals surface area (Å²) < 4.78 is 25.2.